The predicted octanol–water partition coefficient (Wildman–Crippen LogP) is 4.96. The lowest BCUT2D eigenvalue weighted by Crippen LogP contribution is -2.48. The van der Waals surface area contributed by atoms with Gasteiger partial charge in [-0.25, -0.2) is 4.79 Å². The molecule has 0 spiro atoms. The number of anilines is 1. The first kappa shape index (κ1) is 18.1. The molecule has 1 N–H and O–H groups in total. The zero-order chi connectivity index (χ0) is 17.0. The molecule has 4 nitrogen and oxygen atoms in total. The molecule has 5 heteroatoms. The Morgan fingerprint density at radius 3 is 2.74 bits per heavy atom. The summed E-state index contributed by atoms with van der Waals surface area (Å²) >= 11 is 3.52. The third-order valence-corrected chi connectivity index (χ3v) is 4.30. The van der Waals surface area contributed by atoms with E-state index in [9.17, 15) is 4.79 Å². The Labute approximate surface area is 147 Å². The lowest BCUT2D eigenvalue weighted by Gasteiger charge is -2.37. The normalized spacial score (nSPS) is 18.7. The minimum absolute atomic E-state index is 0.179. The number of benzene rings is 1. The molecule has 0 aromatic heterocycles. The summed E-state index contributed by atoms with van der Waals surface area (Å²) in [7, 11) is 0. The van der Waals surface area contributed by atoms with Gasteiger partial charge in [-0.3, -0.25) is 0 Å². The van der Waals surface area contributed by atoms with Crippen LogP contribution < -0.4 is 5.32 Å². The van der Waals surface area contributed by atoms with Crippen LogP contribution in [-0.4, -0.2) is 35.7 Å². The fraction of sp³-hybridized carbons (Fsp3) is 0.611. The molecular weight excluding hydrogens is 356 g/mol. The van der Waals surface area contributed by atoms with Crippen LogP contribution in [0.15, 0.2) is 22.7 Å². The fourth-order valence-electron chi connectivity index (χ4n) is 2.85. The van der Waals surface area contributed by atoms with Crippen LogP contribution in [0, 0.1) is 6.92 Å². The molecule has 1 unspecified atom stereocenters. The molecule has 1 amide bonds. The minimum Gasteiger partial charge on any atom is -0.444 e. The maximum absolute atomic E-state index is 12.4. The molecule has 1 heterocycles. The lowest BCUT2D eigenvalue weighted by atomic mass is 10.0. The molecule has 0 aliphatic carbocycles. The number of carbonyl (C=O) groups is 1. The summed E-state index contributed by atoms with van der Waals surface area (Å²) in [6.07, 6.45) is 3.02. The number of carbonyl (C=O) groups excluding carboxylic acids is 1. The Morgan fingerprint density at radius 2 is 2.09 bits per heavy atom. The third kappa shape index (κ3) is 5.72. The summed E-state index contributed by atoms with van der Waals surface area (Å²) < 4.78 is 6.61. The average molecular weight is 383 g/mol. The summed E-state index contributed by atoms with van der Waals surface area (Å²) in [5, 5.41) is 3.46. The number of piperidine rings is 1. The highest BCUT2D eigenvalue weighted by atomic mass is 79.9. The first-order chi connectivity index (χ1) is 10.7. The Kier molecular flexibility index (Phi) is 5.95. The van der Waals surface area contributed by atoms with Crippen molar-refractivity contribution in [1.82, 2.24) is 4.90 Å². The second kappa shape index (κ2) is 7.56. The van der Waals surface area contributed by atoms with Gasteiger partial charge in [-0.05, 0) is 70.7 Å². The second-order valence-corrected chi connectivity index (χ2v) is 8.14. The van der Waals surface area contributed by atoms with E-state index in [1.807, 2.05) is 25.7 Å². The number of nitrogens with one attached hydrogen (secondary N) is 1. The topological polar surface area (TPSA) is 41.6 Å². The van der Waals surface area contributed by atoms with E-state index >= 15 is 0 Å². The SMILES string of the molecule is Cc1cc(Br)cc(NCC2CCCCN2C(=O)OC(C)(C)C)c1. The molecule has 2 rings (SSSR count). The monoisotopic (exact) mass is 382 g/mol. The number of rotatable bonds is 3. The van der Waals surface area contributed by atoms with E-state index in [4.69, 9.17) is 4.74 Å². The van der Waals surface area contributed by atoms with Crippen LogP contribution in [0.25, 0.3) is 0 Å². The van der Waals surface area contributed by atoms with Crippen molar-refractivity contribution >= 4 is 27.7 Å². The standard InChI is InChI=1S/C18H27BrN2O2/c1-13-9-14(19)11-15(10-13)20-12-16-7-5-6-8-21(16)17(22)23-18(2,3)4/h9-11,16,20H,5-8,12H2,1-4H3. The zero-order valence-corrected chi connectivity index (χ0v) is 16.1. The number of nitrogens with zero attached hydrogens (tertiary/aromatic N) is 1. The maximum atomic E-state index is 12.4. The molecular formula is C18H27BrN2O2. The van der Waals surface area contributed by atoms with Crippen LogP contribution in [0.4, 0.5) is 10.5 Å². The zero-order valence-electron chi connectivity index (χ0n) is 14.5. The van der Waals surface area contributed by atoms with Gasteiger partial charge in [-0.2, -0.15) is 0 Å². The minimum atomic E-state index is -0.450. The summed E-state index contributed by atoms with van der Waals surface area (Å²) in [5.74, 6) is 0. The quantitative estimate of drug-likeness (QED) is 0.802. The molecule has 23 heavy (non-hydrogen) atoms. The number of amides is 1. The van der Waals surface area contributed by atoms with Gasteiger partial charge in [0.15, 0.2) is 0 Å². The van der Waals surface area contributed by atoms with Crippen LogP contribution in [0.2, 0.25) is 0 Å². The van der Waals surface area contributed by atoms with Gasteiger partial charge >= 0.3 is 6.09 Å². The van der Waals surface area contributed by atoms with Crippen LogP contribution in [-0.2, 0) is 4.74 Å². The van der Waals surface area contributed by atoms with Gasteiger partial charge in [0.2, 0.25) is 0 Å². The Morgan fingerprint density at radius 1 is 1.35 bits per heavy atom. The molecule has 1 saturated heterocycles. The molecule has 1 aliphatic rings. The molecule has 1 aromatic carbocycles. The van der Waals surface area contributed by atoms with E-state index in [2.05, 4.69) is 46.4 Å². The smallest absolute Gasteiger partial charge is 0.410 e. The number of likely N-dealkylation sites (tertiary alicyclic amines) is 1. The summed E-state index contributed by atoms with van der Waals surface area (Å²) in [4.78, 5) is 14.3. The number of halogens is 1. The van der Waals surface area contributed by atoms with Gasteiger partial charge in [-0.1, -0.05) is 15.9 Å². The highest BCUT2D eigenvalue weighted by Gasteiger charge is 2.30. The first-order valence-electron chi connectivity index (χ1n) is 8.25. The largest absolute Gasteiger partial charge is 0.444 e. The number of aryl methyl sites for hydroxylation is 1. The molecule has 1 atom stereocenters. The second-order valence-electron chi connectivity index (χ2n) is 7.22. The van der Waals surface area contributed by atoms with Crippen molar-refractivity contribution in [2.75, 3.05) is 18.4 Å². The highest BCUT2D eigenvalue weighted by Crippen LogP contribution is 2.23. The van der Waals surface area contributed by atoms with Crippen LogP contribution in [0.3, 0.4) is 0 Å². The van der Waals surface area contributed by atoms with Crippen molar-refractivity contribution in [3.8, 4) is 0 Å². The van der Waals surface area contributed by atoms with E-state index in [-0.39, 0.29) is 12.1 Å². The first-order valence-corrected chi connectivity index (χ1v) is 9.04. The maximum Gasteiger partial charge on any atom is 0.410 e. The number of ether oxygens (including phenoxy) is 1. The van der Waals surface area contributed by atoms with Crippen LogP contribution >= 0.6 is 15.9 Å². The molecule has 1 aliphatic heterocycles. The van der Waals surface area contributed by atoms with E-state index < -0.39 is 5.60 Å². The van der Waals surface area contributed by atoms with Crippen LogP contribution in [0.5, 0.6) is 0 Å². The van der Waals surface area contributed by atoms with Crippen molar-refractivity contribution in [3.63, 3.8) is 0 Å². The van der Waals surface area contributed by atoms with Crippen molar-refractivity contribution in [3.05, 3.63) is 28.2 Å². The van der Waals surface area contributed by atoms with Crippen molar-refractivity contribution < 1.29 is 9.53 Å². The van der Waals surface area contributed by atoms with Crippen molar-refractivity contribution in [1.29, 1.82) is 0 Å². The summed E-state index contributed by atoms with van der Waals surface area (Å²) in [6.45, 7) is 9.32. The van der Waals surface area contributed by atoms with Gasteiger partial charge in [-0.15, -0.1) is 0 Å². The van der Waals surface area contributed by atoms with E-state index in [1.165, 1.54) is 5.56 Å². The van der Waals surface area contributed by atoms with Crippen molar-refractivity contribution in [2.24, 2.45) is 0 Å². The van der Waals surface area contributed by atoms with Gasteiger partial charge in [0.05, 0.1) is 6.04 Å². The van der Waals surface area contributed by atoms with Crippen molar-refractivity contribution in [2.45, 2.75) is 58.6 Å². The Balaban J connectivity index is 1.99. The Bertz CT molecular complexity index is 534. The van der Waals surface area contributed by atoms with E-state index in [0.717, 1.165) is 42.5 Å². The molecule has 1 aromatic rings. The summed E-state index contributed by atoms with van der Waals surface area (Å²) in [5.41, 5.74) is 1.83. The fourth-order valence-corrected chi connectivity index (χ4v) is 3.46. The third-order valence-electron chi connectivity index (χ3n) is 3.84. The van der Waals surface area contributed by atoms with Gasteiger partial charge in [0.1, 0.15) is 5.60 Å². The lowest BCUT2D eigenvalue weighted by molar-refractivity contribution is 0.0114. The van der Waals surface area contributed by atoms with E-state index in [0.29, 0.717) is 0 Å². The van der Waals surface area contributed by atoms with Gasteiger partial charge < -0.3 is 15.0 Å². The summed E-state index contributed by atoms with van der Waals surface area (Å²) in [6, 6.07) is 6.44. The van der Waals surface area contributed by atoms with Gasteiger partial charge in [0.25, 0.3) is 0 Å². The predicted molar refractivity (Wildman–Crippen MR) is 97.9 cm³/mol. The average Bonchev–Trinajstić information content (AvgIpc) is 2.42. The molecule has 0 saturated carbocycles. The number of hydrogen-bond donors (Lipinski definition) is 1. The molecule has 1 fully saturated rings. The molecule has 0 radical (unpaired) electrons. The number of hydrogen-bond acceptors (Lipinski definition) is 3. The van der Waals surface area contributed by atoms with Crippen LogP contribution in [0.1, 0.15) is 45.6 Å². The Hall–Kier alpha value is -1.23. The molecule has 0 bridgehead atoms. The van der Waals surface area contributed by atoms with E-state index in [1.54, 1.807) is 0 Å². The molecule has 128 valence electrons. The van der Waals surface area contributed by atoms with Gasteiger partial charge in [0, 0.05) is 23.2 Å². The highest BCUT2D eigenvalue weighted by molar-refractivity contribution is 9.10.